The zero-order valence-electron chi connectivity index (χ0n) is 16.1. The molecule has 0 aliphatic rings. The maximum absolute atomic E-state index is 12.8. The highest BCUT2D eigenvalue weighted by molar-refractivity contribution is 5.85. The molecule has 0 spiro atoms. The molecule has 0 aliphatic carbocycles. The Bertz CT molecular complexity index is 858. The van der Waals surface area contributed by atoms with Crippen molar-refractivity contribution in [3.63, 3.8) is 0 Å². The molecule has 138 valence electrons. The van der Waals surface area contributed by atoms with Crippen LogP contribution in [0, 0.1) is 0 Å². The van der Waals surface area contributed by atoms with E-state index < -0.39 is 0 Å². The first-order valence-electron chi connectivity index (χ1n) is 9.24. The van der Waals surface area contributed by atoms with Crippen molar-refractivity contribution in [2.45, 2.75) is 18.9 Å². The summed E-state index contributed by atoms with van der Waals surface area (Å²) in [4.78, 5) is 14.5. The van der Waals surface area contributed by atoms with Crippen LogP contribution in [0.1, 0.15) is 18.4 Å². The first kappa shape index (κ1) is 18.7. The highest BCUT2D eigenvalue weighted by Gasteiger charge is 2.27. The van der Waals surface area contributed by atoms with E-state index in [1.54, 1.807) is 19.0 Å². The minimum absolute atomic E-state index is 0.0323. The van der Waals surface area contributed by atoms with E-state index in [1.165, 1.54) is 11.1 Å². The van der Waals surface area contributed by atoms with Crippen LogP contribution in [-0.2, 0) is 4.79 Å². The van der Waals surface area contributed by atoms with Crippen molar-refractivity contribution < 1.29 is 4.79 Å². The molecule has 0 aromatic heterocycles. The van der Waals surface area contributed by atoms with Crippen molar-refractivity contribution in [2.75, 3.05) is 19.4 Å². The minimum atomic E-state index is -0.329. The van der Waals surface area contributed by atoms with Crippen LogP contribution in [0.5, 0.6) is 0 Å². The molecule has 0 radical (unpaired) electrons. The molecule has 0 heterocycles. The summed E-state index contributed by atoms with van der Waals surface area (Å²) >= 11 is 0. The quantitative estimate of drug-likeness (QED) is 0.670. The normalized spacial score (nSPS) is 12.9. The van der Waals surface area contributed by atoms with E-state index in [0.717, 1.165) is 11.3 Å². The van der Waals surface area contributed by atoms with Gasteiger partial charge in [-0.05, 0) is 28.8 Å². The molecular formula is C24H26N2O. The van der Waals surface area contributed by atoms with Gasteiger partial charge in [0.1, 0.15) is 6.04 Å². The third-order valence-electron chi connectivity index (χ3n) is 4.85. The standard InChI is InChI=1S/C24H26N2O/c1-18(19-14-16-21(17-15-19)20-10-6-4-7-11-20)23(24(27)26(2)3)25-22-12-8-5-9-13-22/h4-18,23,25H,1-3H3/t18-,23-/m0/s1. The second-order valence-corrected chi connectivity index (χ2v) is 7.00. The van der Waals surface area contributed by atoms with Gasteiger partial charge >= 0.3 is 0 Å². The molecule has 27 heavy (non-hydrogen) atoms. The van der Waals surface area contributed by atoms with Crippen LogP contribution < -0.4 is 5.32 Å². The first-order chi connectivity index (χ1) is 13.1. The predicted molar refractivity (Wildman–Crippen MR) is 113 cm³/mol. The van der Waals surface area contributed by atoms with Gasteiger partial charge in [-0.15, -0.1) is 0 Å². The van der Waals surface area contributed by atoms with Crippen LogP contribution in [0.25, 0.3) is 11.1 Å². The van der Waals surface area contributed by atoms with E-state index in [0.29, 0.717) is 0 Å². The van der Waals surface area contributed by atoms with Gasteiger partial charge in [0.05, 0.1) is 0 Å². The topological polar surface area (TPSA) is 32.3 Å². The van der Waals surface area contributed by atoms with Gasteiger partial charge in [0.25, 0.3) is 0 Å². The van der Waals surface area contributed by atoms with E-state index in [2.05, 4.69) is 48.6 Å². The number of para-hydroxylation sites is 1. The van der Waals surface area contributed by atoms with E-state index >= 15 is 0 Å². The lowest BCUT2D eigenvalue weighted by atomic mass is 9.90. The number of carbonyl (C=O) groups excluding carboxylic acids is 1. The number of amides is 1. The Labute approximate surface area is 161 Å². The molecule has 3 aromatic carbocycles. The van der Waals surface area contributed by atoms with Gasteiger partial charge in [0.2, 0.25) is 5.91 Å². The van der Waals surface area contributed by atoms with Gasteiger partial charge in [-0.2, -0.15) is 0 Å². The fourth-order valence-electron chi connectivity index (χ4n) is 3.19. The van der Waals surface area contributed by atoms with E-state index in [-0.39, 0.29) is 17.9 Å². The second kappa shape index (κ2) is 8.54. The SMILES string of the molecule is C[C@@H](c1ccc(-c2ccccc2)cc1)[C@H](Nc1ccccc1)C(=O)N(C)C. The molecular weight excluding hydrogens is 332 g/mol. The number of anilines is 1. The summed E-state index contributed by atoms with van der Waals surface area (Å²) in [6, 6.07) is 28.4. The van der Waals surface area contributed by atoms with Gasteiger partial charge in [-0.1, -0.05) is 79.7 Å². The van der Waals surface area contributed by atoms with Crippen molar-refractivity contribution in [3.05, 3.63) is 90.5 Å². The molecule has 0 unspecified atom stereocenters. The first-order valence-corrected chi connectivity index (χ1v) is 9.24. The Morgan fingerprint density at radius 3 is 1.85 bits per heavy atom. The van der Waals surface area contributed by atoms with Crippen molar-refractivity contribution in [1.29, 1.82) is 0 Å². The average Bonchev–Trinajstić information content (AvgIpc) is 2.72. The number of hydrogen-bond acceptors (Lipinski definition) is 2. The lowest BCUT2D eigenvalue weighted by molar-refractivity contribution is -0.129. The van der Waals surface area contributed by atoms with Crippen LogP contribution in [0.3, 0.4) is 0 Å². The molecule has 3 nitrogen and oxygen atoms in total. The summed E-state index contributed by atoms with van der Waals surface area (Å²) in [6.07, 6.45) is 0. The monoisotopic (exact) mass is 358 g/mol. The van der Waals surface area contributed by atoms with E-state index in [1.807, 2.05) is 48.5 Å². The van der Waals surface area contributed by atoms with Crippen LogP contribution >= 0.6 is 0 Å². The third-order valence-corrected chi connectivity index (χ3v) is 4.85. The van der Waals surface area contributed by atoms with E-state index in [4.69, 9.17) is 0 Å². The van der Waals surface area contributed by atoms with Crippen molar-refractivity contribution in [3.8, 4) is 11.1 Å². The van der Waals surface area contributed by atoms with Crippen LogP contribution in [0.2, 0.25) is 0 Å². The number of carbonyl (C=O) groups is 1. The molecule has 0 bridgehead atoms. The van der Waals surface area contributed by atoms with Gasteiger partial charge in [0.15, 0.2) is 0 Å². The minimum Gasteiger partial charge on any atom is -0.373 e. The molecule has 1 N–H and O–H groups in total. The maximum Gasteiger partial charge on any atom is 0.245 e. The Kier molecular flexibility index (Phi) is 5.92. The van der Waals surface area contributed by atoms with Gasteiger partial charge < -0.3 is 10.2 Å². The molecule has 3 rings (SSSR count). The average molecular weight is 358 g/mol. The summed E-state index contributed by atoms with van der Waals surface area (Å²) in [5.41, 5.74) is 4.46. The molecule has 3 aromatic rings. The summed E-state index contributed by atoms with van der Waals surface area (Å²) in [6.45, 7) is 2.10. The summed E-state index contributed by atoms with van der Waals surface area (Å²) < 4.78 is 0. The fraction of sp³-hybridized carbons (Fsp3) is 0.208. The van der Waals surface area contributed by atoms with E-state index in [9.17, 15) is 4.79 Å². The zero-order chi connectivity index (χ0) is 19.2. The number of nitrogens with zero attached hydrogens (tertiary/aromatic N) is 1. The molecule has 0 saturated heterocycles. The molecule has 3 heteroatoms. The summed E-state index contributed by atoms with van der Waals surface area (Å²) in [5.74, 6) is 0.100. The number of rotatable bonds is 6. The number of nitrogens with one attached hydrogen (secondary N) is 1. The predicted octanol–water partition coefficient (Wildman–Crippen LogP) is 5.03. The van der Waals surface area contributed by atoms with Crippen molar-refractivity contribution >= 4 is 11.6 Å². The zero-order valence-corrected chi connectivity index (χ0v) is 16.1. The number of hydrogen-bond donors (Lipinski definition) is 1. The van der Waals surface area contributed by atoms with Crippen molar-refractivity contribution in [2.24, 2.45) is 0 Å². The smallest absolute Gasteiger partial charge is 0.245 e. The van der Waals surface area contributed by atoms with Crippen LogP contribution in [0.4, 0.5) is 5.69 Å². The van der Waals surface area contributed by atoms with Gasteiger partial charge in [-0.3, -0.25) is 4.79 Å². The molecule has 0 aliphatic heterocycles. The largest absolute Gasteiger partial charge is 0.373 e. The Morgan fingerprint density at radius 2 is 1.30 bits per heavy atom. The highest BCUT2D eigenvalue weighted by atomic mass is 16.2. The van der Waals surface area contributed by atoms with Gasteiger partial charge in [-0.25, -0.2) is 0 Å². The Balaban J connectivity index is 1.84. The summed E-state index contributed by atoms with van der Waals surface area (Å²) in [7, 11) is 3.60. The van der Waals surface area contributed by atoms with Crippen LogP contribution in [0.15, 0.2) is 84.9 Å². The highest BCUT2D eigenvalue weighted by Crippen LogP contribution is 2.26. The van der Waals surface area contributed by atoms with Crippen molar-refractivity contribution in [1.82, 2.24) is 4.90 Å². The lowest BCUT2D eigenvalue weighted by Crippen LogP contribution is -2.42. The molecule has 2 atom stereocenters. The van der Waals surface area contributed by atoms with Crippen LogP contribution in [-0.4, -0.2) is 30.9 Å². The molecule has 0 saturated carbocycles. The maximum atomic E-state index is 12.8. The number of likely N-dealkylation sites (N-methyl/N-ethyl adjacent to an activating group) is 1. The lowest BCUT2D eigenvalue weighted by Gasteiger charge is -2.28. The Hall–Kier alpha value is -3.07. The molecule has 1 amide bonds. The fourth-order valence-corrected chi connectivity index (χ4v) is 3.19. The Morgan fingerprint density at radius 1 is 0.778 bits per heavy atom. The number of benzene rings is 3. The second-order valence-electron chi connectivity index (χ2n) is 7.00. The third kappa shape index (κ3) is 4.56. The summed E-state index contributed by atoms with van der Waals surface area (Å²) in [5, 5.41) is 3.41. The van der Waals surface area contributed by atoms with Gasteiger partial charge in [0, 0.05) is 25.7 Å². The molecule has 0 fully saturated rings.